The van der Waals surface area contributed by atoms with Crippen molar-refractivity contribution in [1.82, 2.24) is 0 Å². The van der Waals surface area contributed by atoms with E-state index in [9.17, 15) is 5.21 Å². The molecular formula is C16H22N2O2. The molecule has 2 aliphatic rings. The molecule has 1 N–H and O–H groups in total. The summed E-state index contributed by atoms with van der Waals surface area (Å²) in [7, 11) is 0. The van der Waals surface area contributed by atoms with Gasteiger partial charge in [-0.1, -0.05) is 23.4 Å². The molecule has 1 unspecified atom stereocenters. The predicted molar refractivity (Wildman–Crippen MR) is 79.8 cm³/mol. The van der Waals surface area contributed by atoms with Crippen molar-refractivity contribution in [3.8, 4) is 0 Å². The van der Waals surface area contributed by atoms with E-state index in [-0.39, 0.29) is 0 Å². The third kappa shape index (κ3) is 2.80. The molecular weight excluding hydrogens is 252 g/mol. The molecule has 3 rings (SSSR count). The maximum atomic E-state index is 9.20. The van der Waals surface area contributed by atoms with Crippen LogP contribution in [0.3, 0.4) is 0 Å². The van der Waals surface area contributed by atoms with Crippen molar-refractivity contribution < 1.29 is 9.94 Å². The molecule has 0 aliphatic carbocycles. The fourth-order valence-corrected chi connectivity index (χ4v) is 3.19. The van der Waals surface area contributed by atoms with E-state index in [1.807, 2.05) is 6.07 Å². The molecule has 2 aliphatic heterocycles. The summed E-state index contributed by atoms with van der Waals surface area (Å²) < 4.78 is 5.72. The minimum atomic E-state index is 0.427. The number of para-hydroxylation sites is 1. The van der Waals surface area contributed by atoms with Crippen LogP contribution in [0.15, 0.2) is 29.4 Å². The van der Waals surface area contributed by atoms with Gasteiger partial charge in [-0.3, -0.25) is 0 Å². The molecule has 20 heavy (non-hydrogen) atoms. The Balaban J connectivity index is 1.76. The van der Waals surface area contributed by atoms with Crippen molar-refractivity contribution in [2.45, 2.75) is 38.2 Å². The van der Waals surface area contributed by atoms with Crippen LogP contribution in [-0.4, -0.2) is 36.7 Å². The molecule has 4 nitrogen and oxygen atoms in total. The first-order valence-corrected chi connectivity index (χ1v) is 7.55. The smallest absolute Gasteiger partial charge is 0.0889 e. The predicted octanol–water partition coefficient (Wildman–Crippen LogP) is 3.03. The van der Waals surface area contributed by atoms with Crippen molar-refractivity contribution in [2.24, 2.45) is 5.16 Å². The fourth-order valence-electron chi connectivity index (χ4n) is 3.19. The first-order valence-electron chi connectivity index (χ1n) is 7.55. The molecule has 108 valence electrons. The molecule has 0 radical (unpaired) electrons. The molecule has 0 amide bonds. The van der Waals surface area contributed by atoms with Gasteiger partial charge in [0.25, 0.3) is 0 Å². The largest absolute Gasteiger partial charge is 0.411 e. The lowest BCUT2D eigenvalue weighted by Crippen LogP contribution is -2.28. The Labute approximate surface area is 120 Å². The third-order valence-electron chi connectivity index (χ3n) is 4.26. The fraction of sp³-hybridized carbons (Fsp3) is 0.562. The van der Waals surface area contributed by atoms with Gasteiger partial charge < -0.3 is 14.8 Å². The molecule has 2 heterocycles. The maximum absolute atomic E-state index is 9.20. The summed E-state index contributed by atoms with van der Waals surface area (Å²) in [5.74, 6) is 0. The minimum absolute atomic E-state index is 0.427. The number of rotatable bonds is 3. The molecule has 0 aromatic heterocycles. The Morgan fingerprint density at radius 3 is 3.00 bits per heavy atom. The second-order valence-electron chi connectivity index (χ2n) is 5.58. The molecule has 1 saturated heterocycles. The summed E-state index contributed by atoms with van der Waals surface area (Å²) in [6, 6.07) is 8.24. The van der Waals surface area contributed by atoms with E-state index in [2.05, 4.69) is 28.3 Å². The van der Waals surface area contributed by atoms with Crippen LogP contribution >= 0.6 is 0 Å². The van der Waals surface area contributed by atoms with Crippen molar-refractivity contribution in [3.05, 3.63) is 29.8 Å². The van der Waals surface area contributed by atoms with Crippen LogP contribution in [0.1, 0.15) is 37.7 Å². The molecule has 0 bridgehead atoms. The number of anilines is 1. The van der Waals surface area contributed by atoms with E-state index >= 15 is 0 Å². The molecule has 1 aromatic rings. The number of benzene rings is 1. The molecule has 0 spiro atoms. The zero-order valence-corrected chi connectivity index (χ0v) is 11.8. The van der Waals surface area contributed by atoms with Gasteiger partial charge >= 0.3 is 0 Å². The van der Waals surface area contributed by atoms with E-state index in [4.69, 9.17) is 4.74 Å². The number of fused-ring (bicyclic) bond motifs is 1. The van der Waals surface area contributed by atoms with Gasteiger partial charge in [-0.05, 0) is 38.2 Å². The third-order valence-corrected chi connectivity index (χ3v) is 4.26. The van der Waals surface area contributed by atoms with Crippen LogP contribution in [0.25, 0.3) is 0 Å². The van der Waals surface area contributed by atoms with Gasteiger partial charge in [-0.25, -0.2) is 0 Å². The van der Waals surface area contributed by atoms with E-state index in [0.717, 1.165) is 50.2 Å². The summed E-state index contributed by atoms with van der Waals surface area (Å²) in [4.78, 5) is 2.41. The minimum Gasteiger partial charge on any atom is -0.411 e. The van der Waals surface area contributed by atoms with Gasteiger partial charge in [0.2, 0.25) is 0 Å². The van der Waals surface area contributed by atoms with E-state index in [1.165, 1.54) is 18.5 Å². The van der Waals surface area contributed by atoms with Crippen LogP contribution in [-0.2, 0) is 4.74 Å². The Morgan fingerprint density at radius 2 is 2.20 bits per heavy atom. The number of nitrogens with zero attached hydrogens (tertiary/aromatic N) is 2. The van der Waals surface area contributed by atoms with Crippen LogP contribution in [0.2, 0.25) is 0 Å². The molecule has 0 saturated carbocycles. The van der Waals surface area contributed by atoms with Crippen molar-refractivity contribution >= 4 is 11.4 Å². The normalized spacial score (nSPS) is 24.7. The summed E-state index contributed by atoms with van der Waals surface area (Å²) in [5, 5.41) is 12.7. The molecule has 1 atom stereocenters. The number of hydrogen-bond donors (Lipinski definition) is 1. The SMILES string of the molecule is O/N=C1/CCCN(CCC2CCCO2)c2ccccc21. The van der Waals surface area contributed by atoms with E-state index in [0.29, 0.717) is 6.10 Å². The van der Waals surface area contributed by atoms with Crippen LogP contribution in [0.5, 0.6) is 0 Å². The molecule has 1 aromatic carbocycles. The second-order valence-corrected chi connectivity index (χ2v) is 5.58. The van der Waals surface area contributed by atoms with Gasteiger partial charge in [0.05, 0.1) is 11.8 Å². The highest BCUT2D eigenvalue weighted by Gasteiger charge is 2.21. The Hall–Kier alpha value is -1.55. The van der Waals surface area contributed by atoms with Crippen LogP contribution in [0, 0.1) is 0 Å². The quantitative estimate of drug-likeness (QED) is 0.680. The summed E-state index contributed by atoms with van der Waals surface area (Å²) in [6.45, 7) is 2.95. The van der Waals surface area contributed by atoms with Crippen LogP contribution in [0.4, 0.5) is 5.69 Å². The van der Waals surface area contributed by atoms with Crippen molar-refractivity contribution in [2.75, 3.05) is 24.6 Å². The lowest BCUT2D eigenvalue weighted by molar-refractivity contribution is 0.105. The van der Waals surface area contributed by atoms with Crippen molar-refractivity contribution in [1.29, 1.82) is 0 Å². The highest BCUT2D eigenvalue weighted by Crippen LogP contribution is 2.27. The average molecular weight is 274 g/mol. The van der Waals surface area contributed by atoms with Gasteiger partial charge in [0.1, 0.15) is 0 Å². The lowest BCUT2D eigenvalue weighted by atomic mass is 10.1. The monoisotopic (exact) mass is 274 g/mol. The lowest BCUT2D eigenvalue weighted by Gasteiger charge is -2.25. The summed E-state index contributed by atoms with van der Waals surface area (Å²) in [6.07, 6.45) is 5.77. The molecule has 1 fully saturated rings. The topological polar surface area (TPSA) is 45.1 Å². The first kappa shape index (κ1) is 13.4. The Bertz CT molecular complexity index is 481. The van der Waals surface area contributed by atoms with Crippen molar-refractivity contribution in [3.63, 3.8) is 0 Å². The first-order chi connectivity index (χ1) is 9.88. The van der Waals surface area contributed by atoms with Gasteiger partial charge in [0, 0.05) is 30.9 Å². The van der Waals surface area contributed by atoms with E-state index in [1.54, 1.807) is 0 Å². The highest BCUT2D eigenvalue weighted by molar-refractivity contribution is 6.05. The second kappa shape index (κ2) is 6.27. The number of oxime groups is 1. The Morgan fingerprint density at radius 1 is 1.30 bits per heavy atom. The van der Waals surface area contributed by atoms with Gasteiger partial charge in [-0.2, -0.15) is 0 Å². The molecule has 4 heteroatoms. The summed E-state index contributed by atoms with van der Waals surface area (Å²) >= 11 is 0. The van der Waals surface area contributed by atoms with Gasteiger partial charge in [-0.15, -0.1) is 0 Å². The summed E-state index contributed by atoms with van der Waals surface area (Å²) in [5.41, 5.74) is 3.07. The number of hydrogen-bond acceptors (Lipinski definition) is 4. The standard InChI is InChI=1S/C16H22N2O2/c19-17-15-7-3-10-18(11-9-13-5-4-12-20-13)16-8-2-1-6-14(15)16/h1-2,6,8,13,19H,3-5,7,9-12H2/b17-15-. The van der Waals surface area contributed by atoms with E-state index < -0.39 is 0 Å². The zero-order chi connectivity index (χ0) is 13.8. The average Bonchev–Trinajstić information content (AvgIpc) is 2.94. The zero-order valence-electron chi connectivity index (χ0n) is 11.8. The highest BCUT2D eigenvalue weighted by atomic mass is 16.5. The van der Waals surface area contributed by atoms with Gasteiger partial charge in [0.15, 0.2) is 0 Å². The Kier molecular flexibility index (Phi) is 4.21. The number of ether oxygens (including phenoxy) is 1. The maximum Gasteiger partial charge on any atom is 0.0889 e. The van der Waals surface area contributed by atoms with Crippen LogP contribution < -0.4 is 4.90 Å².